The van der Waals surface area contributed by atoms with Gasteiger partial charge in [-0.05, 0) is 44.5 Å². The first-order valence-electron chi connectivity index (χ1n) is 8.70. The van der Waals surface area contributed by atoms with E-state index in [-0.39, 0.29) is 23.5 Å². The lowest BCUT2D eigenvalue weighted by Crippen LogP contribution is -2.28. The molecule has 1 atom stereocenters. The Bertz CT molecular complexity index is 724. The standard InChI is InChI=1S/C20H29N3O2/c1-13(2)25-16-10-8-15(9-11-16)14(3)21-19(24)17-12-18(20(4,5)6)22-23(17)7/h8-14H,1-7H3,(H,21,24). The van der Waals surface area contributed by atoms with Crippen LogP contribution >= 0.6 is 0 Å². The molecule has 5 heteroatoms. The van der Waals surface area contributed by atoms with Crippen molar-refractivity contribution in [2.75, 3.05) is 0 Å². The van der Waals surface area contributed by atoms with Crippen LogP contribution in [-0.4, -0.2) is 21.8 Å². The van der Waals surface area contributed by atoms with E-state index in [9.17, 15) is 4.79 Å². The summed E-state index contributed by atoms with van der Waals surface area (Å²) < 4.78 is 7.29. The van der Waals surface area contributed by atoms with Crippen molar-refractivity contribution in [1.82, 2.24) is 15.1 Å². The number of ether oxygens (including phenoxy) is 1. The van der Waals surface area contributed by atoms with Crippen molar-refractivity contribution < 1.29 is 9.53 Å². The number of benzene rings is 1. The van der Waals surface area contributed by atoms with Crippen LogP contribution in [0.15, 0.2) is 30.3 Å². The van der Waals surface area contributed by atoms with Crippen LogP contribution in [0.25, 0.3) is 0 Å². The molecule has 1 unspecified atom stereocenters. The summed E-state index contributed by atoms with van der Waals surface area (Å²) in [5.74, 6) is 0.708. The molecule has 0 aliphatic carbocycles. The van der Waals surface area contributed by atoms with Crippen molar-refractivity contribution in [2.24, 2.45) is 7.05 Å². The summed E-state index contributed by atoms with van der Waals surface area (Å²) >= 11 is 0. The summed E-state index contributed by atoms with van der Waals surface area (Å²) in [5.41, 5.74) is 2.41. The van der Waals surface area contributed by atoms with Crippen molar-refractivity contribution in [3.63, 3.8) is 0 Å². The Kier molecular flexibility index (Phi) is 5.55. The normalized spacial score (nSPS) is 13.0. The second-order valence-electron chi connectivity index (χ2n) is 7.72. The van der Waals surface area contributed by atoms with Crippen molar-refractivity contribution in [2.45, 2.75) is 59.1 Å². The molecule has 25 heavy (non-hydrogen) atoms. The zero-order valence-corrected chi connectivity index (χ0v) is 16.3. The summed E-state index contributed by atoms with van der Waals surface area (Å²) in [6, 6.07) is 9.58. The van der Waals surface area contributed by atoms with Crippen molar-refractivity contribution in [3.8, 4) is 5.75 Å². The summed E-state index contributed by atoms with van der Waals surface area (Å²) in [6.07, 6.45) is 0.143. The Morgan fingerprint density at radius 1 is 1.16 bits per heavy atom. The van der Waals surface area contributed by atoms with Gasteiger partial charge in [-0.1, -0.05) is 32.9 Å². The number of hydrogen-bond donors (Lipinski definition) is 1. The van der Waals surface area contributed by atoms with E-state index in [1.165, 1.54) is 0 Å². The van der Waals surface area contributed by atoms with Crippen molar-refractivity contribution >= 4 is 5.91 Å². The van der Waals surface area contributed by atoms with Gasteiger partial charge in [0.25, 0.3) is 5.91 Å². The molecule has 0 saturated carbocycles. The lowest BCUT2D eigenvalue weighted by molar-refractivity contribution is 0.0930. The number of rotatable bonds is 5. The number of nitrogens with one attached hydrogen (secondary N) is 1. The molecule has 0 aliphatic heterocycles. The Morgan fingerprint density at radius 2 is 1.76 bits per heavy atom. The number of carbonyl (C=O) groups excluding carboxylic acids is 1. The molecule has 2 rings (SSSR count). The van der Waals surface area contributed by atoms with Crippen LogP contribution in [0.3, 0.4) is 0 Å². The van der Waals surface area contributed by atoms with Crippen LogP contribution in [-0.2, 0) is 12.5 Å². The van der Waals surface area contributed by atoms with Crippen LogP contribution in [0.5, 0.6) is 5.75 Å². The minimum atomic E-state index is -0.125. The highest BCUT2D eigenvalue weighted by molar-refractivity contribution is 5.93. The van der Waals surface area contributed by atoms with E-state index in [1.807, 2.05) is 51.1 Å². The van der Waals surface area contributed by atoms with Gasteiger partial charge >= 0.3 is 0 Å². The number of carbonyl (C=O) groups is 1. The largest absolute Gasteiger partial charge is 0.491 e. The van der Waals surface area contributed by atoms with Crippen LogP contribution in [0, 0.1) is 0 Å². The minimum absolute atomic E-state index is 0.0891. The first-order chi connectivity index (χ1) is 11.6. The summed E-state index contributed by atoms with van der Waals surface area (Å²) in [4.78, 5) is 12.6. The van der Waals surface area contributed by atoms with Crippen LogP contribution < -0.4 is 10.1 Å². The Balaban J connectivity index is 2.08. The molecule has 5 nitrogen and oxygen atoms in total. The van der Waals surface area contributed by atoms with Crippen LogP contribution in [0.4, 0.5) is 0 Å². The van der Waals surface area contributed by atoms with Gasteiger partial charge in [0, 0.05) is 12.5 Å². The molecule has 0 spiro atoms. The lowest BCUT2D eigenvalue weighted by Gasteiger charge is -2.16. The van der Waals surface area contributed by atoms with Crippen molar-refractivity contribution in [3.05, 3.63) is 47.3 Å². The number of hydrogen-bond acceptors (Lipinski definition) is 3. The van der Waals surface area contributed by atoms with Crippen LogP contribution in [0.1, 0.15) is 69.3 Å². The third-order valence-corrected chi connectivity index (χ3v) is 3.98. The summed E-state index contributed by atoms with van der Waals surface area (Å²) in [6.45, 7) is 12.2. The second kappa shape index (κ2) is 7.30. The Labute approximate surface area is 150 Å². The molecule has 0 bridgehead atoms. The molecule has 1 amide bonds. The molecule has 0 saturated heterocycles. The summed E-state index contributed by atoms with van der Waals surface area (Å²) in [7, 11) is 1.80. The molecule has 1 heterocycles. The van der Waals surface area contributed by atoms with Gasteiger partial charge in [0.2, 0.25) is 0 Å². The van der Waals surface area contributed by atoms with E-state index >= 15 is 0 Å². The Morgan fingerprint density at radius 3 is 2.24 bits per heavy atom. The van der Waals surface area contributed by atoms with E-state index in [0.717, 1.165) is 17.0 Å². The van der Waals surface area contributed by atoms with E-state index in [1.54, 1.807) is 11.7 Å². The SMILES string of the molecule is CC(C)Oc1ccc(C(C)NC(=O)c2cc(C(C)(C)C)nn2C)cc1. The maximum absolute atomic E-state index is 12.6. The van der Waals surface area contributed by atoms with E-state index in [2.05, 4.69) is 31.2 Å². The molecule has 0 radical (unpaired) electrons. The fourth-order valence-corrected chi connectivity index (χ4v) is 2.51. The van der Waals surface area contributed by atoms with Gasteiger partial charge in [-0.2, -0.15) is 5.10 Å². The molecule has 1 aromatic heterocycles. The topological polar surface area (TPSA) is 56.1 Å². The quantitative estimate of drug-likeness (QED) is 0.893. The number of nitrogens with zero attached hydrogens (tertiary/aromatic N) is 2. The molecule has 0 fully saturated rings. The first-order valence-corrected chi connectivity index (χ1v) is 8.70. The van der Waals surface area contributed by atoms with Crippen molar-refractivity contribution in [1.29, 1.82) is 0 Å². The maximum Gasteiger partial charge on any atom is 0.270 e. The van der Waals surface area contributed by atoms with Gasteiger partial charge in [0.15, 0.2) is 0 Å². The average Bonchev–Trinajstić information content (AvgIpc) is 2.89. The third kappa shape index (κ3) is 4.84. The number of aryl methyl sites for hydroxylation is 1. The van der Waals surface area contributed by atoms with Gasteiger partial charge in [-0.25, -0.2) is 0 Å². The van der Waals surface area contributed by atoms with Gasteiger partial charge in [-0.3, -0.25) is 9.48 Å². The minimum Gasteiger partial charge on any atom is -0.491 e. The second-order valence-corrected chi connectivity index (χ2v) is 7.72. The highest BCUT2D eigenvalue weighted by Gasteiger charge is 2.22. The molecule has 2 aromatic rings. The van der Waals surface area contributed by atoms with E-state index in [0.29, 0.717) is 5.69 Å². The Hall–Kier alpha value is -2.30. The highest BCUT2D eigenvalue weighted by Crippen LogP contribution is 2.22. The van der Waals surface area contributed by atoms with Gasteiger partial charge in [0.05, 0.1) is 17.8 Å². The average molecular weight is 343 g/mol. The molecule has 1 aromatic carbocycles. The molecule has 0 aliphatic rings. The molecular formula is C20H29N3O2. The van der Waals surface area contributed by atoms with E-state index < -0.39 is 0 Å². The number of amides is 1. The van der Waals surface area contributed by atoms with Gasteiger partial charge < -0.3 is 10.1 Å². The number of aromatic nitrogens is 2. The van der Waals surface area contributed by atoms with Gasteiger partial charge in [-0.15, -0.1) is 0 Å². The zero-order valence-electron chi connectivity index (χ0n) is 16.3. The highest BCUT2D eigenvalue weighted by atomic mass is 16.5. The molecule has 136 valence electrons. The predicted molar refractivity (Wildman–Crippen MR) is 100.0 cm³/mol. The van der Waals surface area contributed by atoms with Gasteiger partial charge in [0.1, 0.15) is 11.4 Å². The first kappa shape index (κ1) is 19.0. The van der Waals surface area contributed by atoms with E-state index in [4.69, 9.17) is 4.74 Å². The smallest absolute Gasteiger partial charge is 0.270 e. The van der Waals surface area contributed by atoms with Crippen LogP contribution in [0.2, 0.25) is 0 Å². The molecule has 1 N–H and O–H groups in total. The monoisotopic (exact) mass is 343 g/mol. The summed E-state index contributed by atoms with van der Waals surface area (Å²) in [5, 5.41) is 7.50. The lowest BCUT2D eigenvalue weighted by atomic mass is 9.92. The fraction of sp³-hybridized carbons (Fsp3) is 0.500. The third-order valence-electron chi connectivity index (χ3n) is 3.98. The zero-order chi connectivity index (χ0) is 18.8. The predicted octanol–water partition coefficient (Wildman–Crippen LogP) is 4.00. The maximum atomic E-state index is 12.6. The molecular weight excluding hydrogens is 314 g/mol. The fourth-order valence-electron chi connectivity index (χ4n) is 2.51.